The lowest BCUT2D eigenvalue weighted by Gasteiger charge is -2.00. The van der Waals surface area contributed by atoms with Crippen LogP contribution in [0.3, 0.4) is 0 Å². The molecular weight excluding hydrogens is 232 g/mol. The Morgan fingerprint density at radius 1 is 1.60 bits per heavy atom. The van der Waals surface area contributed by atoms with Crippen LogP contribution in [0.15, 0.2) is 14.9 Å². The second-order valence-corrected chi connectivity index (χ2v) is 5.03. The summed E-state index contributed by atoms with van der Waals surface area (Å²) in [6.07, 6.45) is 0. The minimum atomic E-state index is 0.000804. The van der Waals surface area contributed by atoms with Gasteiger partial charge in [0.2, 0.25) is 0 Å². The quantitative estimate of drug-likeness (QED) is 0.877. The first-order valence-electron chi connectivity index (χ1n) is 4.29. The second-order valence-electron chi connectivity index (χ2n) is 2.96. The number of aromatic nitrogens is 4. The van der Waals surface area contributed by atoms with Crippen LogP contribution in [0, 0.1) is 6.92 Å². The zero-order valence-electron chi connectivity index (χ0n) is 8.34. The highest BCUT2D eigenvalue weighted by atomic mass is 32.2. The van der Waals surface area contributed by atoms with Gasteiger partial charge in [-0.3, -0.25) is 4.68 Å². The van der Waals surface area contributed by atoms with E-state index in [0.29, 0.717) is 0 Å². The molecule has 0 aliphatic carbocycles. The van der Waals surface area contributed by atoms with Gasteiger partial charge in [0.25, 0.3) is 0 Å². The molecule has 0 radical (unpaired) electrons. The number of aryl methyl sites for hydroxylation is 2. The molecule has 0 amide bonds. The lowest BCUT2D eigenvalue weighted by molar-refractivity contribution is 0.277. The van der Waals surface area contributed by atoms with Gasteiger partial charge in [-0.2, -0.15) is 5.10 Å². The predicted octanol–water partition coefficient (Wildman–Crippen LogP) is 1.22. The van der Waals surface area contributed by atoms with E-state index < -0.39 is 0 Å². The van der Waals surface area contributed by atoms with Crippen molar-refractivity contribution in [2.24, 2.45) is 7.05 Å². The number of aliphatic hydroxyl groups is 1. The molecule has 5 nitrogen and oxygen atoms in total. The Labute approximate surface area is 95.2 Å². The fourth-order valence-corrected chi connectivity index (χ4v) is 2.88. The van der Waals surface area contributed by atoms with Gasteiger partial charge >= 0.3 is 0 Å². The Balaban J connectivity index is 2.35. The third-order valence-electron chi connectivity index (χ3n) is 1.97. The maximum atomic E-state index is 9.24. The average molecular weight is 242 g/mol. The van der Waals surface area contributed by atoms with Gasteiger partial charge in [-0.25, -0.2) is 0 Å². The molecule has 2 heterocycles. The smallest absolute Gasteiger partial charge is 0.180 e. The maximum Gasteiger partial charge on any atom is 0.180 e. The fourth-order valence-electron chi connectivity index (χ4n) is 1.28. The first-order chi connectivity index (χ1) is 7.22. The molecule has 0 aliphatic heterocycles. The molecule has 0 aliphatic rings. The van der Waals surface area contributed by atoms with Crippen LogP contribution < -0.4 is 0 Å². The SMILES string of the molecule is Cc1nn(C)c(Sc2nncs2)c1CO. The van der Waals surface area contributed by atoms with Gasteiger partial charge in [-0.15, -0.1) is 10.2 Å². The Bertz CT molecular complexity index is 451. The summed E-state index contributed by atoms with van der Waals surface area (Å²) in [5.74, 6) is 0. The third-order valence-corrected chi connectivity index (χ3v) is 3.95. The average Bonchev–Trinajstić information content (AvgIpc) is 2.77. The molecular formula is C8H10N4OS2. The van der Waals surface area contributed by atoms with Crippen molar-refractivity contribution < 1.29 is 5.11 Å². The summed E-state index contributed by atoms with van der Waals surface area (Å²) in [6, 6.07) is 0. The molecule has 0 saturated carbocycles. The number of aliphatic hydroxyl groups excluding tert-OH is 1. The number of nitrogens with zero attached hydrogens (tertiary/aromatic N) is 4. The van der Waals surface area contributed by atoms with Crippen molar-refractivity contribution >= 4 is 23.1 Å². The normalized spacial score (nSPS) is 10.9. The van der Waals surface area contributed by atoms with E-state index in [1.54, 1.807) is 10.2 Å². The van der Waals surface area contributed by atoms with Crippen LogP contribution in [0.2, 0.25) is 0 Å². The van der Waals surface area contributed by atoms with Crippen LogP contribution in [0.25, 0.3) is 0 Å². The van der Waals surface area contributed by atoms with E-state index in [-0.39, 0.29) is 6.61 Å². The van der Waals surface area contributed by atoms with Gasteiger partial charge in [-0.05, 0) is 18.7 Å². The van der Waals surface area contributed by atoms with Crippen LogP contribution in [-0.2, 0) is 13.7 Å². The third kappa shape index (κ3) is 2.04. The highest BCUT2D eigenvalue weighted by Gasteiger charge is 2.14. The van der Waals surface area contributed by atoms with Crippen molar-refractivity contribution in [2.45, 2.75) is 22.9 Å². The van der Waals surface area contributed by atoms with Gasteiger partial charge in [0.05, 0.1) is 12.3 Å². The largest absolute Gasteiger partial charge is 0.392 e. The van der Waals surface area contributed by atoms with E-state index in [1.807, 2.05) is 14.0 Å². The van der Waals surface area contributed by atoms with Crippen molar-refractivity contribution in [1.29, 1.82) is 0 Å². The zero-order valence-corrected chi connectivity index (χ0v) is 9.97. The summed E-state index contributed by atoms with van der Waals surface area (Å²) in [7, 11) is 1.86. The number of hydrogen-bond donors (Lipinski definition) is 1. The first kappa shape index (κ1) is 10.6. The standard InChI is InChI=1S/C8H10N4OS2/c1-5-6(3-13)7(12(2)11-5)15-8-10-9-4-14-8/h4,13H,3H2,1-2H3. The van der Waals surface area contributed by atoms with Gasteiger partial charge in [-0.1, -0.05) is 11.3 Å². The van der Waals surface area contributed by atoms with Crippen LogP contribution in [0.5, 0.6) is 0 Å². The van der Waals surface area contributed by atoms with E-state index in [0.717, 1.165) is 20.6 Å². The number of rotatable bonds is 3. The summed E-state index contributed by atoms with van der Waals surface area (Å²) in [5.41, 5.74) is 3.40. The fraction of sp³-hybridized carbons (Fsp3) is 0.375. The molecule has 0 spiro atoms. The highest BCUT2D eigenvalue weighted by Crippen LogP contribution is 2.32. The van der Waals surface area contributed by atoms with Crippen molar-refractivity contribution in [3.05, 3.63) is 16.8 Å². The molecule has 0 saturated heterocycles. The van der Waals surface area contributed by atoms with E-state index in [2.05, 4.69) is 15.3 Å². The Hall–Kier alpha value is -0.920. The Morgan fingerprint density at radius 3 is 3.00 bits per heavy atom. The van der Waals surface area contributed by atoms with E-state index >= 15 is 0 Å². The lowest BCUT2D eigenvalue weighted by atomic mass is 10.3. The summed E-state index contributed by atoms with van der Waals surface area (Å²) in [6.45, 7) is 1.89. The molecule has 0 bridgehead atoms. The topological polar surface area (TPSA) is 63.8 Å². The second kappa shape index (κ2) is 4.30. The monoisotopic (exact) mass is 242 g/mol. The van der Waals surface area contributed by atoms with Crippen LogP contribution in [0.4, 0.5) is 0 Å². The Kier molecular flexibility index (Phi) is 3.03. The summed E-state index contributed by atoms with van der Waals surface area (Å²) in [4.78, 5) is 0. The summed E-state index contributed by atoms with van der Waals surface area (Å²) in [5, 5.41) is 22.1. The minimum Gasteiger partial charge on any atom is -0.392 e. The predicted molar refractivity (Wildman–Crippen MR) is 57.9 cm³/mol. The van der Waals surface area contributed by atoms with E-state index in [1.165, 1.54) is 23.1 Å². The zero-order chi connectivity index (χ0) is 10.8. The van der Waals surface area contributed by atoms with Crippen molar-refractivity contribution in [2.75, 3.05) is 0 Å². The molecule has 0 atom stereocenters. The molecule has 0 fully saturated rings. The van der Waals surface area contributed by atoms with Crippen molar-refractivity contribution in [3.63, 3.8) is 0 Å². The molecule has 2 aromatic heterocycles. The minimum absolute atomic E-state index is 0.000804. The van der Waals surface area contributed by atoms with Crippen molar-refractivity contribution in [3.8, 4) is 0 Å². The first-order valence-corrected chi connectivity index (χ1v) is 5.99. The van der Waals surface area contributed by atoms with Crippen LogP contribution in [0.1, 0.15) is 11.3 Å². The van der Waals surface area contributed by atoms with Gasteiger partial charge in [0.1, 0.15) is 10.5 Å². The van der Waals surface area contributed by atoms with E-state index in [9.17, 15) is 5.11 Å². The van der Waals surface area contributed by atoms with E-state index in [4.69, 9.17) is 0 Å². The maximum absolute atomic E-state index is 9.24. The number of hydrogen-bond acceptors (Lipinski definition) is 6. The van der Waals surface area contributed by atoms with Gasteiger partial charge in [0.15, 0.2) is 4.34 Å². The summed E-state index contributed by atoms with van der Waals surface area (Å²) >= 11 is 2.95. The molecule has 1 N–H and O–H groups in total. The molecule has 2 aromatic rings. The van der Waals surface area contributed by atoms with Crippen LogP contribution in [-0.4, -0.2) is 25.1 Å². The highest BCUT2D eigenvalue weighted by molar-refractivity contribution is 8.01. The summed E-state index contributed by atoms with van der Waals surface area (Å²) < 4.78 is 2.61. The Morgan fingerprint density at radius 2 is 2.40 bits per heavy atom. The van der Waals surface area contributed by atoms with Gasteiger partial charge < -0.3 is 5.11 Å². The molecule has 15 heavy (non-hydrogen) atoms. The molecule has 2 rings (SSSR count). The molecule has 7 heteroatoms. The van der Waals surface area contributed by atoms with Crippen molar-refractivity contribution in [1.82, 2.24) is 20.0 Å². The van der Waals surface area contributed by atoms with Crippen LogP contribution >= 0.6 is 23.1 Å². The lowest BCUT2D eigenvalue weighted by Crippen LogP contribution is -1.93. The van der Waals surface area contributed by atoms with Gasteiger partial charge in [0, 0.05) is 12.6 Å². The molecule has 80 valence electrons. The molecule has 0 unspecified atom stereocenters. The molecule has 0 aromatic carbocycles.